The Bertz CT molecular complexity index is 992. The SMILES string of the molecule is COc1c(C(=O)CNC(C)C)ccc2c1OC(c1ccccc1)(c1ccccc1)O2. The van der Waals surface area contributed by atoms with Gasteiger partial charge in [-0.2, -0.15) is 0 Å². The summed E-state index contributed by atoms with van der Waals surface area (Å²) in [6.45, 7) is 4.21. The molecule has 1 heterocycles. The van der Waals surface area contributed by atoms with Crippen LogP contribution in [0.1, 0.15) is 35.3 Å². The Morgan fingerprint density at radius 1 is 0.933 bits per heavy atom. The van der Waals surface area contributed by atoms with Crippen LogP contribution in [0.3, 0.4) is 0 Å². The number of rotatable bonds is 7. The van der Waals surface area contributed by atoms with Gasteiger partial charge in [-0.15, -0.1) is 0 Å². The van der Waals surface area contributed by atoms with Crippen LogP contribution in [0.4, 0.5) is 0 Å². The van der Waals surface area contributed by atoms with Gasteiger partial charge in [-0.25, -0.2) is 0 Å². The number of carbonyl (C=O) groups is 1. The van der Waals surface area contributed by atoms with E-state index < -0.39 is 5.79 Å². The Morgan fingerprint density at radius 3 is 2.07 bits per heavy atom. The lowest BCUT2D eigenvalue weighted by atomic mass is 9.97. The standard InChI is InChI=1S/C25H25NO4/c1-17(2)26-16-21(27)20-14-15-22-24(23(20)28-3)30-25(29-22,18-10-6-4-7-11-18)19-12-8-5-9-13-19/h4-15,17,26H,16H2,1-3H3. The zero-order chi connectivity index (χ0) is 21.1. The average Bonchev–Trinajstić information content (AvgIpc) is 3.19. The molecule has 0 spiro atoms. The van der Waals surface area contributed by atoms with Crippen molar-refractivity contribution in [3.8, 4) is 17.2 Å². The molecule has 0 fully saturated rings. The zero-order valence-electron chi connectivity index (χ0n) is 17.3. The molecule has 5 heteroatoms. The van der Waals surface area contributed by atoms with Crippen LogP contribution >= 0.6 is 0 Å². The van der Waals surface area contributed by atoms with Gasteiger partial charge < -0.3 is 19.5 Å². The number of ketones is 1. The fourth-order valence-electron chi connectivity index (χ4n) is 3.57. The lowest BCUT2D eigenvalue weighted by Crippen LogP contribution is -2.36. The van der Waals surface area contributed by atoms with Crippen molar-refractivity contribution in [1.29, 1.82) is 0 Å². The number of methoxy groups -OCH3 is 1. The molecule has 0 saturated heterocycles. The van der Waals surface area contributed by atoms with Crippen LogP contribution in [0.25, 0.3) is 0 Å². The summed E-state index contributed by atoms with van der Waals surface area (Å²) in [5.41, 5.74) is 2.16. The van der Waals surface area contributed by atoms with Gasteiger partial charge in [-0.3, -0.25) is 4.79 Å². The minimum Gasteiger partial charge on any atom is -0.492 e. The first-order valence-electron chi connectivity index (χ1n) is 10.0. The summed E-state index contributed by atoms with van der Waals surface area (Å²) >= 11 is 0. The normalized spacial score (nSPS) is 14.0. The smallest absolute Gasteiger partial charge is 0.305 e. The lowest BCUT2D eigenvalue weighted by molar-refractivity contribution is -0.0467. The van der Waals surface area contributed by atoms with E-state index in [1.165, 1.54) is 7.11 Å². The number of Topliss-reactive ketones (excluding diaryl/α,β-unsaturated/α-hetero) is 1. The van der Waals surface area contributed by atoms with Gasteiger partial charge in [0, 0.05) is 17.2 Å². The molecule has 0 amide bonds. The second-order valence-corrected chi connectivity index (χ2v) is 7.49. The predicted molar refractivity (Wildman–Crippen MR) is 115 cm³/mol. The van der Waals surface area contributed by atoms with Gasteiger partial charge in [0.1, 0.15) is 0 Å². The summed E-state index contributed by atoms with van der Waals surface area (Å²) < 4.78 is 18.5. The lowest BCUT2D eigenvalue weighted by Gasteiger charge is -2.28. The second-order valence-electron chi connectivity index (χ2n) is 7.49. The minimum atomic E-state index is -1.16. The Kier molecular flexibility index (Phi) is 5.46. The first kappa shape index (κ1) is 20.0. The Morgan fingerprint density at radius 2 is 1.53 bits per heavy atom. The van der Waals surface area contributed by atoms with E-state index in [0.29, 0.717) is 22.8 Å². The number of hydrogen-bond acceptors (Lipinski definition) is 5. The first-order chi connectivity index (χ1) is 14.5. The molecule has 1 aliphatic rings. The molecule has 0 saturated carbocycles. The highest BCUT2D eigenvalue weighted by Gasteiger charge is 2.47. The fourth-order valence-corrected chi connectivity index (χ4v) is 3.57. The third kappa shape index (κ3) is 3.53. The van der Waals surface area contributed by atoms with Gasteiger partial charge in [-0.05, 0) is 12.1 Å². The average molecular weight is 403 g/mol. The maximum atomic E-state index is 12.8. The van der Waals surface area contributed by atoms with Crippen LogP contribution in [-0.2, 0) is 5.79 Å². The summed E-state index contributed by atoms with van der Waals surface area (Å²) in [7, 11) is 1.54. The van der Waals surface area contributed by atoms with Crippen molar-refractivity contribution >= 4 is 5.78 Å². The van der Waals surface area contributed by atoms with Crippen LogP contribution in [0.5, 0.6) is 17.2 Å². The molecule has 0 unspecified atom stereocenters. The topological polar surface area (TPSA) is 56.8 Å². The van der Waals surface area contributed by atoms with Crippen molar-refractivity contribution < 1.29 is 19.0 Å². The highest BCUT2D eigenvalue weighted by molar-refractivity contribution is 6.01. The van der Waals surface area contributed by atoms with Crippen molar-refractivity contribution in [1.82, 2.24) is 5.32 Å². The molecule has 0 radical (unpaired) electrons. The highest BCUT2D eigenvalue weighted by atomic mass is 16.7. The molecule has 1 N–H and O–H groups in total. The van der Waals surface area contributed by atoms with Gasteiger partial charge in [0.2, 0.25) is 5.75 Å². The summed E-state index contributed by atoms with van der Waals surface area (Å²) in [5.74, 6) is 0.130. The van der Waals surface area contributed by atoms with Gasteiger partial charge in [-0.1, -0.05) is 74.5 Å². The van der Waals surface area contributed by atoms with E-state index in [0.717, 1.165) is 11.1 Å². The number of nitrogens with one attached hydrogen (secondary N) is 1. The van der Waals surface area contributed by atoms with E-state index in [4.69, 9.17) is 14.2 Å². The molecule has 1 aliphatic heterocycles. The summed E-state index contributed by atoms with van der Waals surface area (Å²) in [6.07, 6.45) is 0. The summed E-state index contributed by atoms with van der Waals surface area (Å²) in [6, 6.07) is 23.2. The van der Waals surface area contributed by atoms with E-state index in [2.05, 4.69) is 5.32 Å². The molecule has 5 nitrogen and oxygen atoms in total. The van der Waals surface area contributed by atoms with Crippen LogP contribution in [0.15, 0.2) is 72.8 Å². The zero-order valence-corrected chi connectivity index (χ0v) is 17.3. The molecule has 0 aromatic heterocycles. The summed E-state index contributed by atoms with van der Waals surface area (Å²) in [4.78, 5) is 12.8. The third-order valence-corrected chi connectivity index (χ3v) is 5.06. The molecule has 30 heavy (non-hydrogen) atoms. The van der Waals surface area contributed by atoms with E-state index in [1.54, 1.807) is 12.1 Å². The molecule has 154 valence electrons. The van der Waals surface area contributed by atoms with Crippen LogP contribution in [0, 0.1) is 0 Å². The molecular weight excluding hydrogens is 378 g/mol. The molecule has 3 aromatic rings. The van der Waals surface area contributed by atoms with Gasteiger partial charge >= 0.3 is 5.79 Å². The molecular formula is C25H25NO4. The van der Waals surface area contributed by atoms with Crippen molar-refractivity contribution in [3.05, 3.63) is 89.5 Å². The predicted octanol–water partition coefficient (Wildman–Crippen LogP) is 4.55. The monoisotopic (exact) mass is 403 g/mol. The highest BCUT2D eigenvalue weighted by Crippen LogP contribution is 2.52. The fraction of sp³-hybridized carbons (Fsp3) is 0.240. The number of benzene rings is 3. The van der Waals surface area contributed by atoms with Gasteiger partial charge in [0.25, 0.3) is 0 Å². The van der Waals surface area contributed by atoms with Crippen LogP contribution in [-0.4, -0.2) is 25.5 Å². The molecule has 0 atom stereocenters. The van der Waals surface area contributed by atoms with E-state index in [9.17, 15) is 4.79 Å². The second kappa shape index (κ2) is 8.20. The van der Waals surface area contributed by atoms with Gasteiger partial charge in [0.05, 0.1) is 19.2 Å². The van der Waals surface area contributed by atoms with E-state index >= 15 is 0 Å². The van der Waals surface area contributed by atoms with Crippen LogP contribution in [0.2, 0.25) is 0 Å². The largest absolute Gasteiger partial charge is 0.492 e. The Hall–Kier alpha value is -3.31. The Balaban J connectivity index is 1.79. The third-order valence-electron chi connectivity index (χ3n) is 5.06. The van der Waals surface area contributed by atoms with E-state index in [-0.39, 0.29) is 18.4 Å². The van der Waals surface area contributed by atoms with Crippen molar-refractivity contribution in [2.45, 2.75) is 25.7 Å². The van der Waals surface area contributed by atoms with Crippen LogP contribution < -0.4 is 19.5 Å². The number of hydrogen-bond donors (Lipinski definition) is 1. The number of fused-ring (bicyclic) bond motifs is 1. The minimum absolute atomic E-state index is 0.0659. The summed E-state index contributed by atoms with van der Waals surface area (Å²) in [5, 5.41) is 3.15. The van der Waals surface area contributed by atoms with Crippen molar-refractivity contribution in [3.63, 3.8) is 0 Å². The quantitative estimate of drug-likeness (QED) is 0.587. The van der Waals surface area contributed by atoms with E-state index in [1.807, 2.05) is 74.5 Å². The Labute approximate surface area is 176 Å². The molecule has 0 aliphatic carbocycles. The molecule has 4 rings (SSSR count). The van der Waals surface area contributed by atoms with Gasteiger partial charge in [0.15, 0.2) is 17.3 Å². The molecule has 3 aromatic carbocycles. The molecule has 0 bridgehead atoms. The van der Waals surface area contributed by atoms with Crippen molar-refractivity contribution in [2.24, 2.45) is 0 Å². The number of ether oxygens (including phenoxy) is 3. The maximum absolute atomic E-state index is 12.8. The maximum Gasteiger partial charge on any atom is 0.305 e. The van der Waals surface area contributed by atoms with Crippen molar-refractivity contribution in [2.75, 3.05) is 13.7 Å². The first-order valence-corrected chi connectivity index (χ1v) is 10.0. The number of carbonyl (C=O) groups excluding carboxylic acids is 1.